The molecule has 18 heavy (non-hydrogen) atoms. The van der Waals surface area contributed by atoms with Crippen molar-refractivity contribution in [1.29, 1.82) is 0 Å². The minimum absolute atomic E-state index is 0.465. The van der Waals surface area contributed by atoms with Gasteiger partial charge in [0.2, 0.25) is 0 Å². The van der Waals surface area contributed by atoms with E-state index in [0.29, 0.717) is 41.2 Å². The van der Waals surface area contributed by atoms with Crippen LogP contribution in [0.1, 0.15) is 13.8 Å². The van der Waals surface area contributed by atoms with Crippen molar-refractivity contribution in [1.82, 2.24) is 0 Å². The molecular formula is C13H21NO3S. The molecule has 0 aromatic heterocycles. The Labute approximate surface area is 111 Å². The molecule has 2 N–H and O–H groups in total. The highest BCUT2D eigenvalue weighted by molar-refractivity contribution is 7.85. The largest absolute Gasteiger partial charge is 0.495 e. The average molecular weight is 271 g/mol. The zero-order valence-electron chi connectivity index (χ0n) is 11.1. The lowest BCUT2D eigenvalue weighted by Gasteiger charge is -2.10. The molecule has 1 aromatic carbocycles. The predicted molar refractivity (Wildman–Crippen MR) is 74.3 cm³/mol. The van der Waals surface area contributed by atoms with E-state index < -0.39 is 10.8 Å². The zero-order chi connectivity index (χ0) is 13.5. The molecule has 0 radical (unpaired) electrons. The summed E-state index contributed by atoms with van der Waals surface area (Å²) < 4.78 is 22.7. The van der Waals surface area contributed by atoms with Crippen molar-refractivity contribution in [3.63, 3.8) is 0 Å². The Morgan fingerprint density at radius 1 is 1.39 bits per heavy atom. The Morgan fingerprint density at radius 3 is 2.72 bits per heavy atom. The van der Waals surface area contributed by atoms with Crippen LogP contribution in [0.15, 0.2) is 23.1 Å². The standard InChI is InChI=1S/C13H21NO3S/c1-10(2)9-17-6-7-18(15)13-5-4-11(14)8-12(13)16-3/h4-5,8,10H,6-7,9,14H2,1-3H3. The van der Waals surface area contributed by atoms with Crippen LogP contribution in [0.3, 0.4) is 0 Å². The third-order valence-electron chi connectivity index (χ3n) is 2.30. The van der Waals surface area contributed by atoms with E-state index in [1.54, 1.807) is 25.3 Å². The number of nitrogen functional groups attached to an aromatic ring is 1. The van der Waals surface area contributed by atoms with Crippen molar-refractivity contribution in [2.75, 3.05) is 31.8 Å². The summed E-state index contributed by atoms with van der Waals surface area (Å²) in [6, 6.07) is 5.15. The maximum Gasteiger partial charge on any atom is 0.137 e. The van der Waals surface area contributed by atoms with Gasteiger partial charge in [-0.05, 0) is 18.1 Å². The van der Waals surface area contributed by atoms with Crippen molar-refractivity contribution in [2.24, 2.45) is 5.92 Å². The third-order valence-corrected chi connectivity index (χ3v) is 3.66. The number of benzene rings is 1. The van der Waals surface area contributed by atoms with Gasteiger partial charge in [0.1, 0.15) is 5.75 Å². The van der Waals surface area contributed by atoms with Gasteiger partial charge in [-0.3, -0.25) is 4.21 Å². The van der Waals surface area contributed by atoms with Crippen LogP contribution in [0.2, 0.25) is 0 Å². The molecule has 1 aromatic rings. The maximum atomic E-state index is 12.1. The van der Waals surface area contributed by atoms with E-state index in [1.807, 2.05) is 0 Å². The summed E-state index contributed by atoms with van der Waals surface area (Å²) in [5, 5.41) is 0. The smallest absolute Gasteiger partial charge is 0.137 e. The molecule has 0 aliphatic heterocycles. The Kier molecular flexibility index (Phi) is 6.15. The molecule has 0 bridgehead atoms. The van der Waals surface area contributed by atoms with Gasteiger partial charge in [0, 0.05) is 18.4 Å². The predicted octanol–water partition coefficient (Wildman–Crippen LogP) is 2.06. The van der Waals surface area contributed by atoms with E-state index in [2.05, 4.69) is 13.8 Å². The summed E-state index contributed by atoms with van der Waals surface area (Å²) in [5.41, 5.74) is 6.26. The number of hydrogen-bond donors (Lipinski definition) is 1. The molecular weight excluding hydrogens is 250 g/mol. The highest BCUT2D eigenvalue weighted by Crippen LogP contribution is 2.24. The fourth-order valence-electron chi connectivity index (χ4n) is 1.44. The molecule has 0 fully saturated rings. The van der Waals surface area contributed by atoms with Gasteiger partial charge in [-0.25, -0.2) is 0 Å². The first kappa shape index (κ1) is 15.0. The van der Waals surface area contributed by atoms with Crippen LogP contribution in [-0.4, -0.2) is 30.3 Å². The topological polar surface area (TPSA) is 61.5 Å². The van der Waals surface area contributed by atoms with Gasteiger partial charge in [0.15, 0.2) is 0 Å². The van der Waals surface area contributed by atoms with Gasteiger partial charge in [0.05, 0.1) is 35.2 Å². The third kappa shape index (κ3) is 4.66. The van der Waals surface area contributed by atoms with Crippen molar-refractivity contribution in [2.45, 2.75) is 18.7 Å². The van der Waals surface area contributed by atoms with Gasteiger partial charge >= 0.3 is 0 Å². The molecule has 0 saturated carbocycles. The van der Waals surface area contributed by atoms with Gasteiger partial charge in [-0.2, -0.15) is 0 Å². The first-order valence-corrected chi connectivity index (χ1v) is 7.26. The second-order valence-corrected chi connectivity index (χ2v) is 5.97. The van der Waals surface area contributed by atoms with Crippen molar-refractivity contribution < 1.29 is 13.7 Å². The number of nitrogens with two attached hydrogens (primary N) is 1. The molecule has 0 aliphatic rings. The van der Waals surface area contributed by atoms with E-state index in [9.17, 15) is 4.21 Å². The molecule has 0 saturated heterocycles. The molecule has 1 atom stereocenters. The first-order valence-electron chi connectivity index (χ1n) is 5.94. The summed E-state index contributed by atoms with van der Waals surface area (Å²) in [6.07, 6.45) is 0. The van der Waals surface area contributed by atoms with Gasteiger partial charge in [-0.15, -0.1) is 0 Å². The van der Waals surface area contributed by atoms with Gasteiger partial charge in [0.25, 0.3) is 0 Å². The Bertz CT molecular complexity index is 407. The molecule has 1 unspecified atom stereocenters. The minimum Gasteiger partial charge on any atom is -0.495 e. The first-order chi connectivity index (χ1) is 8.54. The molecule has 4 nitrogen and oxygen atoms in total. The quantitative estimate of drug-likeness (QED) is 0.609. The van der Waals surface area contributed by atoms with Gasteiger partial charge < -0.3 is 15.2 Å². The van der Waals surface area contributed by atoms with E-state index >= 15 is 0 Å². The van der Waals surface area contributed by atoms with Crippen LogP contribution in [0, 0.1) is 5.92 Å². The van der Waals surface area contributed by atoms with E-state index in [4.69, 9.17) is 15.2 Å². The summed E-state index contributed by atoms with van der Waals surface area (Å²) in [4.78, 5) is 0.667. The summed E-state index contributed by atoms with van der Waals surface area (Å²) in [6.45, 7) is 5.34. The van der Waals surface area contributed by atoms with Crippen molar-refractivity contribution >= 4 is 16.5 Å². The maximum absolute atomic E-state index is 12.1. The number of rotatable bonds is 7. The monoisotopic (exact) mass is 271 g/mol. The lowest BCUT2D eigenvalue weighted by molar-refractivity contribution is 0.123. The van der Waals surface area contributed by atoms with Crippen molar-refractivity contribution in [3.05, 3.63) is 18.2 Å². The summed E-state index contributed by atoms with van der Waals surface area (Å²) >= 11 is 0. The molecule has 1 rings (SSSR count). The highest BCUT2D eigenvalue weighted by atomic mass is 32.2. The van der Waals surface area contributed by atoms with Crippen LogP contribution in [0.5, 0.6) is 5.75 Å². The molecule has 0 heterocycles. The molecule has 0 spiro atoms. The second kappa shape index (κ2) is 7.38. The molecule has 0 aliphatic carbocycles. The highest BCUT2D eigenvalue weighted by Gasteiger charge is 2.11. The van der Waals surface area contributed by atoms with E-state index in [0.717, 1.165) is 0 Å². The lowest BCUT2D eigenvalue weighted by Crippen LogP contribution is -2.10. The number of anilines is 1. The Morgan fingerprint density at radius 2 is 2.11 bits per heavy atom. The molecule has 102 valence electrons. The van der Waals surface area contributed by atoms with Gasteiger partial charge in [-0.1, -0.05) is 13.8 Å². The van der Waals surface area contributed by atoms with Crippen molar-refractivity contribution in [3.8, 4) is 5.75 Å². The summed E-state index contributed by atoms with van der Waals surface area (Å²) in [7, 11) is 0.423. The van der Waals surface area contributed by atoms with Crippen LogP contribution >= 0.6 is 0 Å². The van der Waals surface area contributed by atoms with E-state index in [1.165, 1.54) is 0 Å². The SMILES string of the molecule is COc1cc(N)ccc1S(=O)CCOCC(C)C. The Hall–Kier alpha value is -1.07. The molecule has 5 heteroatoms. The number of ether oxygens (including phenoxy) is 2. The molecule has 0 amide bonds. The number of hydrogen-bond acceptors (Lipinski definition) is 4. The van der Waals surface area contributed by atoms with Crippen LogP contribution < -0.4 is 10.5 Å². The normalized spacial score (nSPS) is 12.7. The second-order valence-electron chi connectivity index (χ2n) is 4.43. The zero-order valence-corrected chi connectivity index (χ0v) is 12.0. The van der Waals surface area contributed by atoms with Crippen LogP contribution in [0.25, 0.3) is 0 Å². The van der Waals surface area contributed by atoms with E-state index in [-0.39, 0.29) is 0 Å². The lowest BCUT2D eigenvalue weighted by atomic mass is 10.2. The average Bonchev–Trinajstić information content (AvgIpc) is 2.33. The Balaban J connectivity index is 2.56. The minimum atomic E-state index is -1.12. The fraction of sp³-hybridized carbons (Fsp3) is 0.538. The summed E-state index contributed by atoms with van der Waals surface area (Å²) in [5.74, 6) is 1.52. The van der Waals surface area contributed by atoms with Crippen LogP contribution in [-0.2, 0) is 15.5 Å². The van der Waals surface area contributed by atoms with Crippen LogP contribution in [0.4, 0.5) is 5.69 Å². The number of methoxy groups -OCH3 is 1. The fourth-order valence-corrected chi connectivity index (χ4v) is 2.51.